The summed E-state index contributed by atoms with van der Waals surface area (Å²) in [6.45, 7) is 1.01. The van der Waals surface area contributed by atoms with Gasteiger partial charge in [-0.05, 0) is 12.1 Å². The molecule has 0 atom stereocenters. The van der Waals surface area contributed by atoms with Crippen LogP contribution in [0.15, 0.2) is 36.7 Å². The van der Waals surface area contributed by atoms with Gasteiger partial charge in [0.1, 0.15) is 11.6 Å². The summed E-state index contributed by atoms with van der Waals surface area (Å²) in [5, 5.41) is 9.87. The van der Waals surface area contributed by atoms with Crippen LogP contribution < -0.4 is 19.3 Å². The molecule has 2 aromatic rings. The zero-order chi connectivity index (χ0) is 19.4. The van der Waals surface area contributed by atoms with E-state index in [2.05, 4.69) is 9.97 Å². The second kappa shape index (κ2) is 7.69. The van der Waals surface area contributed by atoms with Gasteiger partial charge < -0.3 is 24.4 Å². The Morgan fingerprint density at radius 2 is 1.85 bits per heavy atom. The van der Waals surface area contributed by atoms with Crippen molar-refractivity contribution in [3.05, 3.63) is 36.7 Å². The second-order valence-corrected chi connectivity index (χ2v) is 6.67. The highest BCUT2D eigenvalue weighted by Gasteiger charge is 2.45. The third-order valence-electron chi connectivity index (χ3n) is 4.73. The zero-order valence-corrected chi connectivity index (χ0v) is 15.8. The maximum atomic E-state index is 12.0. The average molecular weight is 372 g/mol. The van der Waals surface area contributed by atoms with Gasteiger partial charge in [0.2, 0.25) is 5.60 Å². The summed E-state index contributed by atoms with van der Waals surface area (Å²) in [5.41, 5.74) is -1.29. The lowest BCUT2D eigenvalue weighted by Crippen LogP contribution is -2.53. The molecule has 8 nitrogen and oxygen atoms in total. The number of methoxy groups -OCH3 is 1. The topological polar surface area (TPSA) is 88.0 Å². The summed E-state index contributed by atoms with van der Waals surface area (Å²) >= 11 is 0. The van der Waals surface area contributed by atoms with E-state index in [1.807, 2.05) is 30.0 Å². The summed E-state index contributed by atoms with van der Waals surface area (Å²) in [7, 11) is 5.34. The number of ether oxygens (including phenoxy) is 2. The normalized spacial score (nSPS) is 15.9. The molecule has 0 amide bonds. The Kier molecular flexibility index (Phi) is 5.34. The maximum absolute atomic E-state index is 12.0. The van der Waals surface area contributed by atoms with Gasteiger partial charge >= 0.3 is 5.97 Å². The van der Waals surface area contributed by atoms with Crippen LogP contribution in [0.5, 0.6) is 11.5 Å². The van der Waals surface area contributed by atoms with E-state index >= 15 is 0 Å². The molecule has 2 heterocycles. The van der Waals surface area contributed by atoms with E-state index in [1.165, 1.54) is 7.11 Å². The van der Waals surface area contributed by atoms with Gasteiger partial charge in [-0.3, -0.25) is 4.98 Å². The first-order chi connectivity index (χ1) is 12.9. The minimum atomic E-state index is -1.29. The largest absolute Gasteiger partial charge is 0.493 e. The van der Waals surface area contributed by atoms with Crippen molar-refractivity contribution in [3.8, 4) is 11.5 Å². The summed E-state index contributed by atoms with van der Waals surface area (Å²) < 4.78 is 11.3. The molecule has 1 fully saturated rings. The summed E-state index contributed by atoms with van der Waals surface area (Å²) in [4.78, 5) is 24.8. The molecule has 0 saturated carbocycles. The van der Waals surface area contributed by atoms with Crippen molar-refractivity contribution < 1.29 is 19.4 Å². The zero-order valence-electron chi connectivity index (χ0n) is 15.8. The van der Waals surface area contributed by atoms with Crippen molar-refractivity contribution in [1.29, 1.82) is 0 Å². The molecule has 3 rings (SSSR count). The maximum Gasteiger partial charge on any atom is 0.348 e. The van der Waals surface area contributed by atoms with Crippen LogP contribution in [0.4, 0.5) is 11.6 Å². The Morgan fingerprint density at radius 1 is 1.19 bits per heavy atom. The van der Waals surface area contributed by atoms with E-state index in [0.29, 0.717) is 37.4 Å². The number of carboxylic acid groups (broad SMARTS) is 1. The molecule has 0 unspecified atom stereocenters. The van der Waals surface area contributed by atoms with Crippen molar-refractivity contribution >= 4 is 17.6 Å². The second-order valence-electron chi connectivity index (χ2n) is 6.67. The average Bonchev–Trinajstić information content (AvgIpc) is 2.69. The molecule has 144 valence electrons. The number of rotatable bonds is 6. The number of aromatic nitrogens is 2. The van der Waals surface area contributed by atoms with Crippen molar-refractivity contribution in [2.45, 2.75) is 18.4 Å². The highest BCUT2D eigenvalue weighted by atomic mass is 16.5. The molecule has 1 aromatic carbocycles. The molecule has 8 heteroatoms. The van der Waals surface area contributed by atoms with Crippen molar-refractivity contribution in [3.63, 3.8) is 0 Å². The number of para-hydroxylation sites is 2. The smallest absolute Gasteiger partial charge is 0.348 e. The standard InChI is InChI=1S/C19H24N4O4/c1-22(2)16-12-20-13-17(21-16)23-10-8-19(9-11-23,18(24)25)27-15-7-5-4-6-14(15)26-3/h4-7,12-13H,8-11H2,1-3H3,(H,24,25). The first kappa shape index (κ1) is 18.8. The molecule has 1 aliphatic rings. The number of anilines is 2. The van der Waals surface area contributed by atoms with Crippen LogP contribution in [-0.2, 0) is 4.79 Å². The molecular weight excluding hydrogens is 348 g/mol. The molecule has 1 N–H and O–H groups in total. The third kappa shape index (κ3) is 3.89. The lowest BCUT2D eigenvalue weighted by molar-refractivity contribution is -0.157. The molecule has 1 saturated heterocycles. The van der Waals surface area contributed by atoms with E-state index < -0.39 is 11.6 Å². The number of hydrogen-bond donors (Lipinski definition) is 1. The molecule has 27 heavy (non-hydrogen) atoms. The first-order valence-corrected chi connectivity index (χ1v) is 8.75. The number of nitrogens with zero attached hydrogens (tertiary/aromatic N) is 4. The van der Waals surface area contributed by atoms with Crippen LogP contribution in [0.1, 0.15) is 12.8 Å². The van der Waals surface area contributed by atoms with Crippen LogP contribution in [0.2, 0.25) is 0 Å². The molecule has 0 spiro atoms. The highest BCUT2D eigenvalue weighted by molar-refractivity contribution is 5.78. The summed E-state index contributed by atoms with van der Waals surface area (Å²) in [6.07, 6.45) is 4.05. The fraction of sp³-hybridized carbons (Fsp3) is 0.421. The van der Waals surface area contributed by atoms with Gasteiger partial charge in [0.25, 0.3) is 0 Å². The molecule has 0 radical (unpaired) electrons. The molecule has 1 aromatic heterocycles. The van der Waals surface area contributed by atoms with Gasteiger partial charge in [-0.1, -0.05) is 12.1 Å². The van der Waals surface area contributed by atoms with E-state index in [-0.39, 0.29) is 0 Å². The minimum absolute atomic E-state index is 0.328. The summed E-state index contributed by atoms with van der Waals surface area (Å²) in [6, 6.07) is 7.09. The fourth-order valence-electron chi connectivity index (χ4n) is 3.08. The van der Waals surface area contributed by atoms with E-state index in [9.17, 15) is 9.90 Å². The van der Waals surface area contributed by atoms with Gasteiger partial charge in [-0.25, -0.2) is 9.78 Å². The molecule has 0 aliphatic carbocycles. The van der Waals surface area contributed by atoms with Gasteiger partial charge in [0, 0.05) is 40.0 Å². The van der Waals surface area contributed by atoms with Crippen LogP contribution in [0.3, 0.4) is 0 Å². The van der Waals surface area contributed by atoms with Crippen molar-refractivity contribution in [2.75, 3.05) is 44.1 Å². The van der Waals surface area contributed by atoms with E-state index in [4.69, 9.17) is 9.47 Å². The Hall–Kier alpha value is -3.03. The van der Waals surface area contributed by atoms with Crippen LogP contribution in [0.25, 0.3) is 0 Å². The number of carboxylic acids is 1. The SMILES string of the molecule is COc1ccccc1OC1(C(=O)O)CCN(c2cncc(N(C)C)n2)CC1. The number of aliphatic carboxylic acids is 1. The Morgan fingerprint density at radius 3 is 2.44 bits per heavy atom. The van der Waals surface area contributed by atoms with Gasteiger partial charge in [-0.2, -0.15) is 0 Å². The fourth-order valence-corrected chi connectivity index (χ4v) is 3.08. The number of benzene rings is 1. The number of hydrogen-bond acceptors (Lipinski definition) is 7. The van der Waals surface area contributed by atoms with Crippen LogP contribution in [-0.4, -0.2) is 60.9 Å². The predicted molar refractivity (Wildman–Crippen MR) is 102 cm³/mol. The lowest BCUT2D eigenvalue weighted by Gasteiger charge is -2.39. The Balaban J connectivity index is 1.77. The molecule has 1 aliphatic heterocycles. The number of carbonyl (C=O) groups is 1. The lowest BCUT2D eigenvalue weighted by atomic mass is 9.91. The quantitative estimate of drug-likeness (QED) is 0.824. The van der Waals surface area contributed by atoms with Crippen LogP contribution >= 0.6 is 0 Å². The number of piperidine rings is 1. The van der Waals surface area contributed by atoms with Gasteiger partial charge in [0.05, 0.1) is 19.5 Å². The van der Waals surface area contributed by atoms with Gasteiger partial charge in [-0.15, -0.1) is 0 Å². The van der Waals surface area contributed by atoms with Gasteiger partial charge in [0.15, 0.2) is 11.5 Å². The van der Waals surface area contributed by atoms with Crippen molar-refractivity contribution in [1.82, 2.24) is 9.97 Å². The van der Waals surface area contributed by atoms with Crippen LogP contribution in [0, 0.1) is 0 Å². The molecule has 0 bridgehead atoms. The Bertz CT molecular complexity index is 804. The monoisotopic (exact) mass is 372 g/mol. The van der Waals surface area contributed by atoms with E-state index in [1.54, 1.807) is 30.6 Å². The van der Waals surface area contributed by atoms with Crippen molar-refractivity contribution in [2.24, 2.45) is 0 Å². The van der Waals surface area contributed by atoms with E-state index in [0.717, 1.165) is 11.6 Å². The molecular formula is C19H24N4O4. The first-order valence-electron chi connectivity index (χ1n) is 8.75. The highest BCUT2D eigenvalue weighted by Crippen LogP contribution is 2.35. The Labute approximate surface area is 158 Å². The summed E-state index contributed by atoms with van der Waals surface area (Å²) in [5.74, 6) is 1.47. The minimum Gasteiger partial charge on any atom is -0.493 e. The third-order valence-corrected chi connectivity index (χ3v) is 4.73. The predicted octanol–water partition coefficient (Wildman–Crippen LogP) is 2.05.